The highest BCUT2D eigenvalue weighted by Crippen LogP contribution is 2.23. The Morgan fingerprint density at radius 3 is 2.00 bits per heavy atom. The zero-order valence-corrected chi connectivity index (χ0v) is 12.7. The monoisotopic (exact) mass is 281 g/mol. The highest BCUT2D eigenvalue weighted by molar-refractivity contribution is 5.82. The van der Waals surface area contributed by atoms with Crippen molar-refractivity contribution in [2.45, 2.75) is 45.6 Å². The molecule has 2 rings (SSSR count). The first kappa shape index (κ1) is 15.3. The molecule has 0 aromatic carbocycles. The van der Waals surface area contributed by atoms with E-state index in [4.69, 9.17) is 5.73 Å². The molecule has 2 saturated heterocycles. The summed E-state index contributed by atoms with van der Waals surface area (Å²) in [6.45, 7) is 7.11. The topological polar surface area (TPSA) is 66.6 Å². The molecule has 20 heavy (non-hydrogen) atoms. The number of carbonyl (C=O) groups is 2. The van der Waals surface area contributed by atoms with Crippen LogP contribution in [0.25, 0.3) is 0 Å². The van der Waals surface area contributed by atoms with Crippen LogP contribution in [0.4, 0.5) is 0 Å². The lowest BCUT2D eigenvalue weighted by molar-refractivity contribution is -0.142. The van der Waals surface area contributed by atoms with E-state index in [1.54, 1.807) is 11.8 Å². The van der Waals surface area contributed by atoms with Crippen LogP contribution < -0.4 is 5.73 Å². The Morgan fingerprint density at radius 1 is 1.00 bits per heavy atom. The average molecular weight is 281 g/mol. The van der Waals surface area contributed by atoms with Crippen LogP contribution in [0.2, 0.25) is 0 Å². The highest BCUT2D eigenvalue weighted by Gasteiger charge is 2.31. The van der Waals surface area contributed by atoms with Crippen molar-refractivity contribution < 1.29 is 9.59 Å². The van der Waals surface area contributed by atoms with Crippen LogP contribution in [0.15, 0.2) is 0 Å². The zero-order valence-electron chi connectivity index (χ0n) is 12.7. The Hall–Kier alpha value is -1.10. The summed E-state index contributed by atoms with van der Waals surface area (Å²) < 4.78 is 0. The zero-order chi connectivity index (χ0) is 14.7. The fourth-order valence-corrected chi connectivity index (χ4v) is 3.12. The summed E-state index contributed by atoms with van der Waals surface area (Å²) in [7, 11) is 0. The Bertz CT molecular complexity index is 354. The van der Waals surface area contributed by atoms with E-state index >= 15 is 0 Å². The minimum Gasteiger partial charge on any atom is -0.342 e. The third-order valence-electron chi connectivity index (χ3n) is 4.64. The van der Waals surface area contributed by atoms with Crippen molar-refractivity contribution in [1.82, 2.24) is 9.80 Å². The van der Waals surface area contributed by atoms with Crippen LogP contribution in [0, 0.1) is 11.8 Å². The Balaban J connectivity index is 1.81. The molecule has 114 valence electrons. The highest BCUT2D eigenvalue weighted by atomic mass is 16.2. The molecule has 2 heterocycles. The summed E-state index contributed by atoms with van der Waals surface area (Å²) in [6.07, 6.45) is 3.80. The van der Waals surface area contributed by atoms with E-state index in [1.165, 1.54) is 0 Å². The first-order valence-electron chi connectivity index (χ1n) is 7.82. The second kappa shape index (κ2) is 6.57. The molecule has 5 nitrogen and oxygen atoms in total. The third kappa shape index (κ3) is 3.51. The van der Waals surface area contributed by atoms with E-state index in [0.717, 1.165) is 44.7 Å². The summed E-state index contributed by atoms with van der Waals surface area (Å²) in [6, 6.07) is -0.439. The van der Waals surface area contributed by atoms with Crippen molar-refractivity contribution in [3.63, 3.8) is 0 Å². The van der Waals surface area contributed by atoms with Gasteiger partial charge in [0.1, 0.15) is 0 Å². The van der Waals surface area contributed by atoms with Gasteiger partial charge in [0.05, 0.1) is 6.04 Å². The van der Waals surface area contributed by atoms with E-state index in [1.807, 2.05) is 4.90 Å². The van der Waals surface area contributed by atoms with E-state index in [0.29, 0.717) is 19.0 Å². The largest absolute Gasteiger partial charge is 0.342 e. The fourth-order valence-electron chi connectivity index (χ4n) is 3.12. The number of nitrogens with two attached hydrogens (primary N) is 1. The van der Waals surface area contributed by atoms with Crippen molar-refractivity contribution in [3.8, 4) is 0 Å². The van der Waals surface area contributed by atoms with Gasteiger partial charge in [-0.3, -0.25) is 9.59 Å². The van der Waals surface area contributed by atoms with Crippen LogP contribution >= 0.6 is 0 Å². The summed E-state index contributed by atoms with van der Waals surface area (Å²) in [5.74, 6) is 1.14. The van der Waals surface area contributed by atoms with Gasteiger partial charge in [-0.1, -0.05) is 6.92 Å². The van der Waals surface area contributed by atoms with Gasteiger partial charge in [-0.15, -0.1) is 0 Å². The van der Waals surface area contributed by atoms with Crippen LogP contribution in [0.1, 0.15) is 39.5 Å². The van der Waals surface area contributed by atoms with Gasteiger partial charge in [0, 0.05) is 32.1 Å². The number of piperidine rings is 2. The first-order chi connectivity index (χ1) is 9.49. The van der Waals surface area contributed by atoms with Crippen LogP contribution in [-0.2, 0) is 9.59 Å². The smallest absolute Gasteiger partial charge is 0.239 e. The Labute approximate surface area is 121 Å². The predicted molar refractivity (Wildman–Crippen MR) is 77.9 cm³/mol. The lowest BCUT2D eigenvalue weighted by atomic mass is 9.92. The quantitative estimate of drug-likeness (QED) is 0.815. The summed E-state index contributed by atoms with van der Waals surface area (Å²) in [4.78, 5) is 28.1. The molecule has 0 aromatic heterocycles. The fraction of sp³-hybridized carbons (Fsp3) is 0.867. The number of rotatable bonds is 2. The molecule has 0 spiro atoms. The maximum atomic E-state index is 12.5. The molecular weight excluding hydrogens is 254 g/mol. The molecule has 5 heteroatoms. The predicted octanol–water partition coefficient (Wildman–Crippen LogP) is 0.831. The normalized spacial score (nSPS) is 23.8. The van der Waals surface area contributed by atoms with Gasteiger partial charge in [0.25, 0.3) is 0 Å². The van der Waals surface area contributed by atoms with Crippen molar-refractivity contribution in [1.29, 1.82) is 0 Å². The molecule has 0 bridgehead atoms. The van der Waals surface area contributed by atoms with Gasteiger partial charge in [0.15, 0.2) is 0 Å². The number of carbonyl (C=O) groups excluding carboxylic acids is 2. The van der Waals surface area contributed by atoms with Crippen molar-refractivity contribution >= 4 is 11.8 Å². The molecule has 2 aliphatic heterocycles. The lowest BCUT2D eigenvalue weighted by Gasteiger charge is -2.37. The maximum Gasteiger partial charge on any atom is 0.239 e. The number of hydrogen-bond acceptors (Lipinski definition) is 3. The standard InChI is InChI=1S/C15H27N3O2/c1-11-3-7-18(8-4-11)15(20)13-5-9-17(10-6-13)14(19)12(2)16/h11-13H,3-10,16H2,1-2H3/t12-/m1/s1. The van der Waals surface area contributed by atoms with Crippen LogP contribution in [-0.4, -0.2) is 53.8 Å². The molecule has 0 saturated carbocycles. The molecule has 2 fully saturated rings. The lowest BCUT2D eigenvalue weighted by Crippen LogP contribution is -2.49. The molecule has 2 aliphatic rings. The second-order valence-corrected chi connectivity index (χ2v) is 6.40. The molecule has 2 amide bonds. The minimum absolute atomic E-state index is 0.00250. The maximum absolute atomic E-state index is 12.5. The Kier molecular flexibility index (Phi) is 5.02. The van der Waals surface area contributed by atoms with Crippen LogP contribution in [0.5, 0.6) is 0 Å². The van der Waals surface area contributed by atoms with Crippen molar-refractivity contribution in [2.75, 3.05) is 26.2 Å². The SMILES string of the molecule is CC1CCN(C(=O)C2CCN(C(=O)[C@@H](C)N)CC2)CC1. The number of nitrogens with zero attached hydrogens (tertiary/aromatic N) is 2. The van der Waals surface area contributed by atoms with E-state index < -0.39 is 6.04 Å². The number of amides is 2. The molecule has 0 radical (unpaired) electrons. The molecule has 0 aliphatic carbocycles. The van der Waals surface area contributed by atoms with E-state index in [2.05, 4.69) is 6.92 Å². The van der Waals surface area contributed by atoms with Gasteiger partial charge < -0.3 is 15.5 Å². The number of likely N-dealkylation sites (tertiary alicyclic amines) is 2. The van der Waals surface area contributed by atoms with Gasteiger partial charge in [-0.2, -0.15) is 0 Å². The van der Waals surface area contributed by atoms with E-state index in [-0.39, 0.29) is 11.8 Å². The minimum atomic E-state index is -0.439. The van der Waals surface area contributed by atoms with Gasteiger partial charge in [-0.05, 0) is 38.5 Å². The van der Waals surface area contributed by atoms with E-state index in [9.17, 15) is 9.59 Å². The third-order valence-corrected chi connectivity index (χ3v) is 4.64. The van der Waals surface area contributed by atoms with Crippen molar-refractivity contribution in [2.24, 2.45) is 17.6 Å². The van der Waals surface area contributed by atoms with Gasteiger partial charge in [-0.25, -0.2) is 0 Å². The van der Waals surface area contributed by atoms with Crippen LogP contribution in [0.3, 0.4) is 0 Å². The van der Waals surface area contributed by atoms with Crippen molar-refractivity contribution in [3.05, 3.63) is 0 Å². The van der Waals surface area contributed by atoms with Gasteiger partial charge in [0.2, 0.25) is 11.8 Å². The summed E-state index contributed by atoms with van der Waals surface area (Å²) >= 11 is 0. The summed E-state index contributed by atoms with van der Waals surface area (Å²) in [5.41, 5.74) is 5.62. The number of hydrogen-bond donors (Lipinski definition) is 1. The first-order valence-corrected chi connectivity index (χ1v) is 7.82. The van der Waals surface area contributed by atoms with Gasteiger partial charge >= 0.3 is 0 Å². The second-order valence-electron chi connectivity index (χ2n) is 6.40. The summed E-state index contributed by atoms with van der Waals surface area (Å²) in [5, 5.41) is 0. The molecule has 2 N–H and O–H groups in total. The molecule has 0 unspecified atom stereocenters. The Morgan fingerprint density at radius 2 is 1.50 bits per heavy atom. The molecule has 0 aromatic rings. The average Bonchev–Trinajstić information content (AvgIpc) is 2.46. The molecule has 1 atom stereocenters. The molecular formula is C15H27N3O2.